The van der Waals surface area contributed by atoms with Gasteiger partial charge in [0.1, 0.15) is 17.3 Å². The van der Waals surface area contributed by atoms with Crippen LogP contribution in [-0.2, 0) is 0 Å². The molecule has 0 aromatic carbocycles. The van der Waals surface area contributed by atoms with E-state index in [0.29, 0.717) is 5.01 Å². The van der Waals surface area contributed by atoms with Crippen LogP contribution < -0.4 is 0 Å². The van der Waals surface area contributed by atoms with E-state index in [2.05, 4.69) is 9.36 Å². The highest BCUT2D eigenvalue weighted by Crippen LogP contribution is 2.13. The normalized spacial score (nSPS) is 12.4. The number of aromatic nitrogens is 2. The molecular formula is C5H5N3OS. The highest BCUT2D eigenvalue weighted by Gasteiger charge is 2.11. The summed E-state index contributed by atoms with van der Waals surface area (Å²) < 4.78 is 3.71. The molecule has 10 heavy (non-hydrogen) atoms. The van der Waals surface area contributed by atoms with Crippen molar-refractivity contribution in [2.75, 3.05) is 6.61 Å². The molecule has 0 bridgehead atoms. The zero-order chi connectivity index (χ0) is 7.40. The Kier molecular flexibility index (Phi) is 2.31. The lowest BCUT2D eigenvalue weighted by Gasteiger charge is -1.95. The molecule has 1 heterocycles. The van der Waals surface area contributed by atoms with Crippen molar-refractivity contribution in [2.24, 2.45) is 0 Å². The van der Waals surface area contributed by atoms with Crippen molar-refractivity contribution in [3.05, 3.63) is 11.3 Å². The van der Waals surface area contributed by atoms with E-state index in [9.17, 15) is 0 Å². The van der Waals surface area contributed by atoms with Crippen LogP contribution in [0.1, 0.15) is 10.9 Å². The number of nitrogens with zero attached hydrogens (tertiary/aromatic N) is 3. The molecule has 0 aliphatic carbocycles. The lowest BCUT2D eigenvalue weighted by Crippen LogP contribution is -1.99. The Morgan fingerprint density at radius 3 is 3.10 bits per heavy atom. The first kappa shape index (κ1) is 7.12. The van der Waals surface area contributed by atoms with Crippen LogP contribution in [0.5, 0.6) is 0 Å². The summed E-state index contributed by atoms with van der Waals surface area (Å²) in [6.07, 6.45) is 1.38. The Bertz CT molecular complexity index is 228. The van der Waals surface area contributed by atoms with E-state index in [0.717, 1.165) is 11.5 Å². The monoisotopic (exact) mass is 155 g/mol. The van der Waals surface area contributed by atoms with Crippen LogP contribution in [0.2, 0.25) is 0 Å². The third-order valence-corrected chi connectivity index (χ3v) is 1.79. The van der Waals surface area contributed by atoms with Gasteiger partial charge in [-0.1, -0.05) is 0 Å². The first-order valence-electron chi connectivity index (χ1n) is 2.65. The highest BCUT2D eigenvalue weighted by molar-refractivity contribution is 7.05. The second kappa shape index (κ2) is 3.25. The SMILES string of the molecule is N#CC(CO)c1ncns1. The van der Waals surface area contributed by atoms with Crippen molar-refractivity contribution >= 4 is 11.5 Å². The lowest BCUT2D eigenvalue weighted by atomic mass is 10.2. The maximum Gasteiger partial charge on any atom is 0.133 e. The highest BCUT2D eigenvalue weighted by atomic mass is 32.1. The van der Waals surface area contributed by atoms with Crippen LogP contribution in [0.3, 0.4) is 0 Å². The molecule has 1 N–H and O–H groups in total. The molecule has 1 atom stereocenters. The Balaban J connectivity index is 2.76. The number of rotatable bonds is 2. The molecule has 0 amide bonds. The maximum atomic E-state index is 8.61. The molecule has 0 radical (unpaired) electrons. The fraction of sp³-hybridized carbons (Fsp3) is 0.400. The topological polar surface area (TPSA) is 69.8 Å². The number of hydrogen-bond acceptors (Lipinski definition) is 5. The zero-order valence-corrected chi connectivity index (χ0v) is 5.88. The Labute approximate surface area is 61.9 Å². The summed E-state index contributed by atoms with van der Waals surface area (Å²) in [6, 6.07) is 1.91. The summed E-state index contributed by atoms with van der Waals surface area (Å²) in [7, 11) is 0. The molecule has 0 fully saturated rings. The predicted molar refractivity (Wildman–Crippen MR) is 35.3 cm³/mol. The second-order valence-electron chi connectivity index (χ2n) is 1.64. The average molecular weight is 155 g/mol. The van der Waals surface area contributed by atoms with Crippen molar-refractivity contribution < 1.29 is 5.11 Å². The quantitative estimate of drug-likeness (QED) is 0.659. The molecule has 0 saturated heterocycles. The van der Waals surface area contributed by atoms with Gasteiger partial charge in [-0.3, -0.25) is 0 Å². The van der Waals surface area contributed by atoms with Gasteiger partial charge in [0.15, 0.2) is 0 Å². The summed E-state index contributed by atoms with van der Waals surface area (Å²) in [5, 5.41) is 17.6. The first-order chi connectivity index (χ1) is 4.88. The van der Waals surface area contributed by atoms with Crippen LogP contribution in [0.4, 0.5) is 0 Å². The Hall–Kier alpha value is -0.990. The minimum absolute atomic E-state index is 0.189. The smallest absolute Gasteiger partial charge is 0.133 e. The van der Waals surface area contributed by atoms with Gasteiger partial charge in [0.2, 0.25) is 0 Å². The molecule has 1 unspecified atom stereocenters. The van der Waals surface area contributed by atoms with E-state index >= 15 is 0 Å². The summed E-state index contributed by atoms with van der Waals surface area (Å²) in [5.74, 6) is -0.507. The molecule has 1 aromatic rings. The van der Waals surface area contributed by atoms with Crippen LogP contribution in [0.25, 0.3) is 0 Å². The summed E-state index contributed by atoms with van der Waals surface area (Å²) in [5.41, 5.74) is 0. The molecule has 1 aromatic heterocycles. The van der Waals surface area contributed by atoms with E-state index in [4.69, 9.17) is 10.4 Å². The molecule has 1 rings (SSSR count). The van der Waals surface area contributed by atoms with Gasteiger partial charge in [-0.05, 0) is 11.5 Å². The van der Waals surface area contributed by atoms with Gasteiger partial charge in [0, 0.05) is 0 Å². The summed E-state index contributed by atoms with van der Waals surface area (Å²) in [6.45, 7) is -0.189. The molecule has 5 heteroatoms. The Morgan fingerprint density at radius 1 is 1.90 bits per heavy atom. The first-order valence-corrected chi connectivity index (χ1v) is 3.43. The lowest BCUT2D eigenvalue weighted by molar-refractivity contribution is 0.285. The van der Waals surface area contributed by atoms with E-state index < -0.39 is 5.92 Å². The molecule has 0 aliphatic rings. The van der Waals surface area contributed by atoms with Gasteiger partial charge < -0.3 is 5.11 Å². The number of aliphatic hydroxyl groups excluding tert-OH is 1. The van der Waals surface area contributed by atoms with E-state index in [1.54, 1.807) is 0 Å². The van der Waals surface area contributed by atoms with Crippen molar-refractivity contribution in [2.45, 2.75) is 5.92 Å². The summed E-state index contributed by atoms with van der Waals surface area (Å²) >= 11 is 1.14. The number of hydrogen-bond donors (Lipinski definition) is 1. The predicted octanol–water partition coefficient (Wildman–Crippen LogP) is 0.138. The van der Waals surface area contributed by atoms with Crippen LogP contribution in [0, 0.1) is 11.3 Å². The largest absolute Gasteiger partial charge is 0.395 e. The third kappa shape index (κ3) is 1.29. The van der Waals surface area contributed by atoms with E-state index in [1.165, 1.54) is 6.33 Å². The number of aliphatic hydroxyl groups is 1. The second-order valence-corrected chi connectivity index (χ2v) is 2.46. The molecule has 0 saturated carbocycles. The fourth-order valence-corrected chi connectivity index (χ4v) is 1.06. The van der Waals surface area contributed by atoms with Gasteiger partial charge in [0.25, 0.3) is 0 Å². The fourth-order valence-electron chi connectivity index (χ4n) is 0.509. The van der Waals surface area contributed by atoms with Gasteiger partial charge in [-0.2, -0.15) is 9.64 Å². The average Bonchev–Trinajstić information content (AvgIpc) is 2.43. The maximum absolute atomic E-state index is 8.61. The standard InChI is InChI=1S/C5H5N3OS/c6-1-4(2-9)5-7-3-8-10-5/h3-4,9H,2H2. The molecule has 0 spiro atoms. The minimum Gasteiger partial charge on any atom is -0.395 e. The van der Waals surface area contributed by atoms with E-state index in [1.807, 2.05) is 6.07 Å². The Morgan fingerprint density at radius 2 is 2.70 bits per heavy atom. The van der Waals surface area contributed by atoms with Gasteiger partial charge in [-0.15, -0.1) is 0 Å². The zero-order valence-electron chi connectivity index (χ0n) is 5.06. The van der Waals surface area contributed by atoms with E-state index in [-0.39, 0.29) is 6.61 Å². The minimum atomic E-state index is -0.507. The van der Waals surface area contributed by atoms with Crippen LogP contribution in [0.15, 0.2) is 6.33 Å². The van der Waals surface area contributed by atoms with Crippen LogP contribution >= 0.6 is 11.5 Å². The summed E-state index contributed by atoms with van der Waals surface area (Å²) in [4.78, 5) is 3.78. The van der Waals surface area contributed by atoms with Crippen LogP contribution in [-0.4, -0.2) is 21.1 Å². The van der Waals surface area contributed by atoms with Crippen molar-refractivity contribution in [1.82, 2.24) is 9.36 Å². The third-order valence-electron chi connectivity index (χ3n) is 1.01. The van der Waals surface area contributed by atoms with Crippen molar-refractivity contribution in [3.63, 3.8) is 0 Å². The van der Waals surface area contributed by atoms with Crippen molar-refractivity contribution in [1.29, 1.82) is 5.26 Å². The molecule has 0 aliphatic heterocycles. The molecular weight excluding hydrogens is 150 g/mol. The molecule has 52 valence electrons. The molecule has 4 nitrogen and oxygen atoms in total. The van der Waals surface area contributed by atoms with Gasteiger partial charge >= 0.3 is 0 Å². The number of nitriles is 1. The van der Waals surface area contributed by atoms with Gasteiger partial charge in [-0.25, -0.2) is 4.98 Å². The van der Waals surface area contributed by atoms with Crippen molar-refractivity contribution in [3.8, 4) is 6.07 Å². The van der Waals surface area contributed by atoms with Gasteiger partial charge in [0.05, 0.1) is 12.7 Å².